The van der Waals surface area contributed by atoms with E-state index in [0.717, 1.165) is 109 Å². The van der Waals surface area contributed by atoms with Gasteiger partial charge in [-0.05, 0) is 116 Å². The minimum absolute atomic E-state index is 0.0777. The molecule has 0 aliphatic rings. The van der Waals surface area contributed by atoms with Gasteiger partial charge in [0.15, 0.2) is 6.10 Å². The fourth-order valence-electron chi connectivity index (χ4n) is 10.1. The van der Waals surface area contributed by atoms with Crippen molar-refractivity contribution in [3.63, 3.8) is 0 Å². The third-order valence-corrected chi connectivity index (χ3v) is 15.4. The molecule has 0 aromatic rings. The van der Waals surface area contributed by atoms with Crippen molar-refractivity contribution in [2.24, 2.45) is 0 Å². The Morgan fingerprint density at radius 1 is 0.259 bits per heavy atom. The van der Waals surface area contributed by atoms with Crippen LogP contribution in [0.5, 0.6) is 0 Å². The average Bonchev–Trinajstić information content (AvgIpc) is 3.47. The number of unbranched alkanes of at least 4 members (excludes halogenated alkanes) is 39. The van der Waals surface area contributed by atoms with E-state index in [-0.39, 0.29) is 31.1 Å². The molecule has 0 aliphatic heterocycles. The van der Waals surface area contributed by atoms with Crippen molar-refractivity contribution in [2.75, 3.05) is 13.2 Å². The first-order chi connectivity index (χ1) is 40.0. The normalized spacial score (nSPS) is 12.6. The number of rotatable bonds is 64. The summed E-state index contributed by atoms with van der Waals surface area (Å²) < 4.78 is 16.9. The number of allylic oxidation sites excluding steroid dienone is 14. The lowest BCUT2D eigenvalue weighted by atomic mass is 10.0. The summed E-state index contributed by atoms with van der Waals surface area (Å²) in [4.78, 5) is 38.3. The lowest BCUT2D eigenvalue weighted by Crippen LogP contribution is -2.30. The summed E-state index contributed by atoms with van der Waals surface area (Å²) in [6.45, 7) is 6.53. The van der Waals surface area contributed by atoms with Crippen LogP contribution in [-0.2, 0) is 28.6 Å². The molecule has 1 unspecified atom stereocenters. The highest BCUT2D eigenvalue weighted by Gasteiger charge is 2.19. The van der Waals surface area contributed by atoms with Crippen molar-refractivity contribution in [1.29, 1.82) is 0 Å². The van der Waals surface area contributed by atoms with Crippen LogP contribution in [0.2, 0.25) is 0 Å². The Hall–Kier alpha value is -3.41. The summed E-state index contributed by atoms with van der Waals surface area (Å²) >= 11 is 0. The fourth-order valence-corrected chi connectivity index (χ4v) is 10.1. The molecule has 0 N–H and O–H groups in total. The summed E-state index contributed by atoms with van der Waals surface area (Å²) in [5.74, 6) is -0.877. The molecule has 0 amide bonds. The Kier molecular flexibility index (Phi) is 66.2. The molecular weight excluding hydrogens is 997 g/mol. The van der Waals surface area contributed by atoms with Gasteiger partial charge in [-0.15, -0.1) is 0 Å². The van der Waals surface area contributed by atoms with Crippen LogP contribution in [0.4, 0.5) is 0 Å². The van der Waals surface area contributed by atoms with Crippen LogP contribution in [0.1, 0.15) is 355 Å². The predicted octanol–water partition coefficient (Wildman–Crippen LogP) is 24.2. The molecule has 1 atom stereocenters. The number of carbonyl (C=O) groups is 3. The van der Waals surface area contributed by atoms with E-state index in [9.17, 15) is 14.4 Å². The quantitative estimate of drug-likeness (QED) is 0.0261. The van der Waals surface area contributed by atoms with Gasteiger partial charge in [-0.2, -0.15) is 0 Å². The highest BCUT2D eigenvalue weighted by molar-refractivity contribution is 5.71. The van der Waals surface area contributed by atoms with E-state index in [1.54, 1.807) is 0 Å². The van der Waals surface area contributed by atoms with Gasteiger partial charge in [-0.25, -0.2) is 0 Å². The molecule has 0 spiro atoms. The van der Waals surface area contributed by atoms with Gasteiger partial charge in [0.1, 0.15) is 13.2 Å². The van der Waals surface area contributed by atoms with E-state index in [1.165, 1.54) is 205 Å². The third kappa shape index (κ3) is 67.3. The van der Waals surface area contributed by atoms with Gasteiger partial charge in [0, 0.05) is 19.3 Å². The number of esters is 3. The van der Waals surface area contributed by atoms with Crippen LogP contribution in [0, 0.1) is 0 Å². The lowest BCUT2D eigenvalue weighted by molar-refractivity contribution is -0.167. The molecule has 6 nitrogen and oxygen atoms in total. The first-order valence-corrected chi connectivity index (χ1v) is 35.1. The molecule has 6 heteroatoms. The molecule has 0 aromatic carbocycles. The first kappa shape index (κ1) is 77.6. The molecule has 0 saturated heterocycles. The second-order valence-corrected chi connectivity index (χ2v) is 23.4. The largest absolute Gasteiger partial charge is 0.462 e. The SMILES string of the molecule is CC/C=C\C/C=C\C/C=C\C/C=C\C/C=C\CCCCCCCCCCCCCCCCCCCCCC(=O)OCC(COC(=O)CCCCCCC/C=C\CCCCCCC)OC(=O)CCCCCCC/C=C\CCCCCCC. The smallest absolute Gasteiger partial charge is 0.306 e. The second kappa shape index (κ2) is 69.1. The van der Waals surface area contributed by atoms with E-state index in [2.05, 4.69) is 106 Å². The van der Waals surface area contributed by atoms with Crippen molar-refractivity contribution >= 4 is 17.9 Å². The molecule has 0 fully saturated rings. The summed E-state index contributed by atoms with van der Waals surface area (Å²) in [6.07, 6.45) is 91.9. The van der Waals surface area contributed by atoms with Crippen LogP contribution >= 0.6 is 0 Å². The van der Waals surface area contributed by atoms with Crippen LogP contribution < -0.4 is 0 Å². The van der Waals surface area contributed by atoms with Crippen molar-refractivity contribution in [2.45, 2.75) is 361 Å². The Balaban J connectivity index is 4.11. The summed E-state index contributed by atoms with van der Waals surface area (Å²) in [7, 11) is 0. The molecule has 0 rings (SSSR count). The van der Waals surface area contributed by atoms with Crippen molar-refractivity contribution < 1.29 is 28.6 Å². The predicted molar refractivity (Wildman–Crippen MR) is 353 cm³/mol. The number of hydrogen-bond acceptors (Lipinski definition) is 6. The number of hydrogen-bond donors (Lipinski definition) is 0. The number of ether oxygens (including phenoxy) is 3. The van der Waals surface area contributed by atoms with Crippen LogP contribution in [0.3, 0.4) is 0 Å². The zero-order valence-electron chi connectivity index (χ0n) is 53.8. The monoisotopic (exact) mass is 1130 g/mol. The lowest BCUT2D eigenvalue weighted by Gasteiger charge is -2.18. The van der Waals surface area contributed by atoms with Crippen LogP contribution in [0.25, 0.3) is 0 Å². The van der Waals surface area contributed by atoms with Gasteiger partial charge in [0.2, 0.25) is 0 Å². The minimum Gasteiger partial charge on any atom is -0.462 e. The highest BCUT2D eigenvalue weighted by atomic mass is 16.6. The zero-order chi connectivity index (χ0) is 58.5. The zero-order valence-corrected chi connectivity index (χ0v) is 53.8. The molecule has 0 bridgehead atoms. The Morgan fingerprint density at radius 3 is 0.765 bits per heavy atom. The van der Waals surface area contributed by atoms with Crippen LogP contribution in [-0.4, -0.2) is 37.2 Å². The molecule has 0 saturated carbocycles. The summed E-state index contributed by atoms with van der Waals surface area (Å²) in [5.41, 5.74) is 0. The average molecular weight is 1130 g/mol. The Morgan fingerprint density at radius 2 is 0.481 bits per heavy atom. The highest BCUT2D eigenvalue weighted by Crippen LogP contribution is 2.17. The van der Waals surface area contributed by atoms with E-state index in [0.29, 0.717) is 19.3 Å². The van der Waals surface area contributed by atoms with Gasteiger partial charge in [-0.1, -0.05) is 305 Å². The van der Waals surface area contributed by atoms with Gasteiger partial charge >= 0.3 is 17.9 Å². The van der Waals surface area contributed by atoms with Crippen molar-refractivity contribution in [3.8, 4) is 0 Å². The molecule has 0 radical (unpaired) electrons. The molecule has 0 heterocycles. The Bertz CT molecular complexity index is 1530. The van der Waals surface area contributed by atoms with Crippen molar-refractivity contribution in [3.05, 3.63) is 85.1 Å². The number of carbonyl (C=O) groups excluding carboxylic acids is 3. The van der Waals surface area contributed by atoms with Gasteiger partial charge in [-0.3, -0.25) is 14.4 Å². The van der Waals surface area contributed by atoms with E-state index in [4.69, 9.17) is 14.2 Å². The van der Waals surface area contributed by atoms with E-state index < -0.39 is 6.10 Å². The molecule has 81 heavy (non-hydrogen) atoms. The topological polar surface area (TPSA) is 78.9 Å². The summed E-state index contributed by atoms with van der Waals surface area (Å²) in [5, 5.41) is 0. The first-order valence-electron chi connectivity index (χ1n) is 35.1. The third-order valence-electron chi connectivity index (χ3n) is 15.4. The van der Waals surface area contributed by atoms with Gasteiger partial charge < -0.3 is 14.2 Å². The van der Waals surface area contributed by atoms with Crippen molar-refractivity contribution in [1.82, 2.24) is 0 Å². The molecule has 468 valence electrons. The maximum absolute atomic E-state index is 12.9. The maximum atomic E-state index is 12.9. The molecule has 0 aliphatic carbocycles. The second-order valence-electron chi connectivity index (χ2n) is 23.4. The fraction of sp³-hybridized carbons (Fsp3) is 0.773. The van der Waals surface area contributed by atoms with E-state index >= 15 is 0 Å². The standard InChI is InChI=1S/C75H132O6/c1-4-7-10-13-16-19-22-25-28-29-30-31-32-33-34-35-36-37-38-39-40-41-42-43-44-45-46-47-48-51-53-56-59-62-65-68-74(77)80-71-72(81-75(78)69-66-63-60-57-54-50-27-24-21-18-15-12-9-6-3)70-79-73(76)67-64-61-58-55-52-49-26-23-20-17-14-11-8-5-2/h7,10,16,19,23-28,30-31,33-34,72H,4-6,8-9,11-15,17-18,20-22,29,32,35-71H2,1-3H3/b10-7-,19-16-,26-23-,27-24-,28-25-,31-30-,34-33-. The van der Waals surface area contributed by atoms with Crippen LogP contribution in [0.15, 0.2) is 85.1 Å². The minimum atomic E-state index is -0.782. The summed E-state index contributed by atoms with van der Waals surface area (Å²) in [6, 6.07) is 0. The van der Waals surface area contributed by atoms with Gasteiger partial charge in [0.05, 0.1) is 0 Å². The maximum Gasteiger partial charge on any atom is 0.306 e. The molecule has 0 aromatic heterocycles. The Labute approximate surface area is 503 Å². The van der Waals surface area contributed by atoms with Gasteiger partial charge in [0.25, 0.3) is 0 Å². The van der Waals surface area contributed by atoms with E-state index in [1.807, 2.05) is 0 Å². The molecular formula is C75H132O6.